The van der Waals surface area contributed by atoms with Crippen molar-refractivity contribution in [1.82, 2.24) is 0 Å². The average Bonchev–Trinajstić information content (AvgIpc) is 3.10. The first-order valence-corrected chi connectivity index (χ1v) is 12.4. The van der Waals surface area contributed by atoms with E-state index in [-0.39, 0.29) is 54.2 Å². The highest BCUT2D eigenvalue weighted by Gasteiger charge is 2.71. The molecular weight excluding hydrogens is 456 g/mol. The normalized spacial score (nSPS) is 37.8. The van der Waals surface area contributed by atoms with Crippen molar-refractivity contribution in [1.29, 1.82) is 0 Å². The first kappa shape index (κ1) is 25.4. The van der Waals surface area contributed by atoms with Crippen molar-refractivity contribution < 1.29 is 42.9 Å². The van der Waals surface area contributed by atoms with E-state index in [1.165, 1.54) is 0 Å². The third kappa shape index (κ3) is 3.87. The van der Waals surface area contributed by atoms with Gasteiger partial charge in [-0.2, -0.15) is 0 Å². The zero-order valence-corrected chi connectivity index (χ0v) is 20.8. The monoisotopic (exact) mass is 490 g/mol. The molecule has 3 fully saturated rings. The molecule has 0 heterocycles. The lowest BCUT2D eigenvalue weighted by molar-refractivity contribution is -0.174. The van der Waals surface area contributed by atoms with E-state index in [0.29, 0.717) is 19.3 Å². The molecule has 0 aromatic rings. The van der Waals surface area contributed by atoms with Gasteiger partial charge in [0.15, 0.2) is 18.0 Å². The van der Waals surface area contributed by atoms with Crippen LogP contribution in [0.1, 0.15) is 65.7 Å². The van der Waals surface area contributed by atoms with Crippen LogP contribution in [0.5, 0.6) is 0 Å². The third-order valence-electron chi connectivity index (χ3n) is 9.23. The SMILES string of the molecule is CCOC(=O)OCC(=O)[C@@]1(OC(=O)OC)CC[C@H]2[C@@H]3CCC4=CC(=O)CC[C@]4(C)[C@H]3C(=O)C[C@@]21C. The molecule has 0 bridgehead atoms. The molecule has 0 aromatic heterocycles. The number of carbonyl (C=O) groups is 5. The van der Waals surface area contributed by atoms with E-state index in [9.17, 15) is 24.0 Å². The summed E-state index contributed by atoms with van der Waals surface area (Å²) in [5.74, 6) is -0.750. The molecule has 0 N–H and O–H groups in total. The predicted octanol–water partition coefficient (Wildman–Crippen LogP) is 3.96. The van der Waals surface area contributed by atoms with Gasteiger partial charge in [-0.15, -0.1) is 0 Å². The first-order valence-electron chi connectivity index (χ1n) is 12.4. The van der Waals surface area contributed by atoms with Crippen LogP contribution in [-0.2, 0) is 33.3 Å². The molecule has 0 aliphatic heterocycles. The smallest absolute Gasteiger partial charge is 0.438 e. The Hall–Kier alpha value is -2.71. The predicted molar refractivity (Wildman–Crippen MR) is 121 cm³/mol. The summed E-state index contributed by atoms with van der Waals surface area (Å²) in [4.78, 5) is 63.5. The fraction of sp³-hybridized carbons (Fsp3) is 0.731. The second-order valence-corrected chi connectivity index (χ2v) is 10.7. The minimum absolute atomic E-state index is 0.00139. The van der Waals surface area contributed by atoms with Crippen molar-refractivity contribution in [3.05, 3.63) is 11.6 Å². The van der Waals surface area contributed by atoms with Crippen LogP contribution in [0, 0.1) is 28.6 Å². The Morgan fingerprint density at radius 2 is 1.77 bits per heavy atom. The molecule has 3 saturated carbocycles. The zero-order chi connectivity index (χ0) is 25.6. The maximum atomic E-state index is 13.8. The van der Waals surface area contributed by atoms with Crippen LogP contribution in [-0.4, -0.2) is 55.6 Å². The zero-order valence-electron chi connectivity index (χ0n) is 20.8. The van der Waals surface area contributed by atoms with Crippen LogP contribution in [0.4, 0.5) is 9.59 Å². The van der Waals surface area contributed by atoms with Crippen molar-refractivity contribution in [3.8, 4) is 0 Å². The molecule has 0 saturated heterocycles. The number of carbonyl (C=O) groups excluding carboxylic acids is 5. The molecule has 0 unspecified atom stereocenters. The molecule has 35 heavy (non-hydrogen) atoms. The minimum atomic E-state index is -1.66. The highest BCUT2D eigenvalue weighted by molar-refractivity contribution is 5.95. The Morgan fingerprint density at radius 3 is 2.46 bits per heavy atom. The molecule has 4 aliphatic rings. The average molecular weight is 491 g/mol. The molecule has 4 aliphatic carbocycles. The Balaban J connectivity index is 1.68. The number of allylic oxidation sites excluding steroid dienone is 1. The number of Topliss-reactive ketones (excluding diaryl/α,β-unsaturated/α-hetero) is 2. The van der Waals surface area contributed by atoms with Crippen molar-refractivity contribution in [3.63, 3.8) is 0 Å². The topological polar surface area (TPSA) is 122 Å². The molecule has 192 valence electrons. The number of fused-ring (bicyclic) bond motifs is 5. The van der Waals surface area contributed by atoms with Gasteiger partial charge in [-0.1, -0.05) is 19.4 Å². The summed E-state index contributed by atoms with van der Waals surface area (Å²) in [5, 5.41) is 0. The quantitative estimate of drug-likeness (QED) is 0.527. The number of methoxy groups -OCH3 is 1. The summed E-state index contributed by atoms with van der Waals surface area (Å²) in [6, 6.07) is 0. The van der Waals surface area contributed by atoms with Crippen LogP contribution in [0.2, 0.25) is 0 Å². The molecule has 0 spiro atoms. The summed E-state index contributed by atoms with van der Waals surface area (Å²) >= 11 is 0. The van der Waals surface area contributed by atoms with E-state index >= 15 is 0 Å². The summed E-state index contributed by atoms with van der Waals surface area (Å²) in [5.41, 5.74) is -1.95. The van der Waals surface area contributed by atoms with Crippen LogP contribution in [0.3, 0.4) is 0 Å². The van der Waals surface area contributed by atoms with Gasteiger partial charge in [-0.25, -0.2) is 9.59 Å². The number of hydrogen-bond acceptors (Lipinski definition) is 9. The Labute approximate surface area is 204 Å². The van der Waals surface area contributed by atoms with Crippen molar-refractivity contribution in [2.24, 2.45) is 28.6 Å². The standard InChI is InChI=1S/C26H34O9/c1-5-33-23(31)34-14-20(29)26(35-22(30)32-4)11-9-18-17-7-6-15-12-16(27)8-10-24(15,2)21(17)19(28)13-25(18,26)3/h12,17-18,21H,5-11,13-14H2,1-4H3/t17-,18-,21+,24-,25-,26-/m0/s1. The van der Waals surface area contributed by atoms with E-state index in [1.54, 1.807) is 13.0 Å². The molecule has 0 radical (unpaired) electrons. The molecule has 4 rings (SSSR count). The van der Waals surface area contributed by atoms with Gasteiger partial charge in [0.1, 0.15) is 5.78 Å². The van der Waals surface area contributed by atoms with Gasteiger partial charge in [-0.3, -0.25) is 14.4 Å². The van der Waals surface area contributed by atoms with Gasteiger partial charge in [0.25, 0.3) is 0 Å². The van der Waals surface area contributed by atoms with E-state index in [4.69, 9.17) is 18.9 Å². The molecule has 9 heteroatoms. The highest BCUT2D eigenvalue weighted by atomic mass is 16.7. The summed E-state index contributed by atoms with van der Waals surface area (Å²) in [6.07, 6.45) is 3.11. The summed E-state index contributed by atoms with van der Waals surface area (Å²) in [6.45, 7) is 5.00. The van der Waals surface area contributed by atoms with E-state index in [1.807, 2.05) is 6.92 Å². The van der Waals surface area contributed by atoms with E-state index in [2.05, 4.69) is 6.92 Å². The van der Waals surface area contributed by atoms with Crippen LogP contribution in [0.25, 0.3) is 0 Å². The van der Waals surface area contributed by atoms with Crippen LogP contribution in [0.15, 0.2) is 11.6 Å². The summed E-state index contributed by atoms with van der Waals surface area (Å²) in [7, 11) is 1.16. The maximum absolute atomic E-state index is 13.8. The van der Waals surface area contributed by atoms with Gasteiger partial charge in [0.2, 0.25) is 5.78 Å². The van der Waals surface area contributed by atoms with E-state index < -0.39 is 35.7 Å². The number of rotatable bonds is 5. The number of ether oxygens (including phenoxy) is 4. The third-order valence-corrected chi connectivity index (χ3v) is 9.23. The highest BCUT2D eigenvalue weighted by Crippen LogP contribution is 2.67. The van der Waals surface area contributed by atoms with Crippen LogP contribution < -0.4 is 0 Å². The molecular formula is C26H34O9. The van der Waals surface area contributed by atoms with Crippen LogP contribution >= 0.6 is 0 Å². The second-order valence-electron chi connectivity index (χ2n) is 10.7. The molecule has 9 nitrogen and oxygen atoms in total. The first-order chi connectivity index (χ1) is 16.5. The van der Waals surface area contributed by atoms with Crippen molar-refractivity contribution >= 4 is 29.7 Å². The fourth-order valence-corrected chi connectivity index (χ4v) is 7.64. The fourth-order valence-electron chi connectivity index (χ4n) is 7.64. The maximum Gasteiger partial charge on any atom is 0.509 e. The van der Waals surface area contributed by atoms with Gasteiger partial charge in [0.05, 0.1) is 13.7 Å². The van der Waals surface area contributed by atoms with Crippen molar-refractivity contribution in [2.75, 3.05) is 20.3 Å². The minimum Gasteiger partial charge on any atom is -0.438 e. The molecule has 0 aromatic carbocycles. The van der Waals surface area contributed by atoms with Gasteiger partial charge in [0, 0.05) is 24.2 Å². The van der Waals surface area contributed by atoms with Gasteiger partial charge in [-0.05, 0) is 62.4 Å². The number of hydrogen-bond donors (Lipinski definition) is 0. The lowest BCUT2D eigenvalue weighted by Gasteiger charge is -2.57. The lowest BCUT2D eigenvalue weighted by Crippen LogP contribution is -2.62. The Kier molecular flexibility index (Phi) is 6.57. The largest absolute Gasteiger partial charge is 0.509 e. The van der Waals surface area contributed by atoms with Gasteiger partial charge >= 0.3 is 12.3 Å². The Bertz CT molecular complexity index is 983. The van der Waals surface area contributed by atoms with E-state index in [0.717, 1.165) is 25.5 Å². The van der Waals surface area contributed by atoms with Gasteiger partial charge < -0.3 is 18.9 Å². The summed E-state index contributed by atoms with van der Waals surface area (Å²) < 4.78 is 20.2. The lowest BCUT2D eigenvalue weighted by atomic mass is 9.46. The molecule has 0 amide bonds. The second kappa shape index (κ2) is 9.06. The Morgan fingerprint density at radius 1 is 1.03 bits per heavy atom. The van der Waals surface area contributed by atoms with Crippen molar-refractivity contribution in [2.45, 2.75) is 71.3 Å². The molecule has 6 atom stereocenters. The number of ketones is 3.